The van der Waals surface area contributed by atoms with Gasteiger partial charge in [-0.3, -0.25) is 4.79 Å². The number of carbonyl (C=O) groups excluding carboxylic acids is 1. The normalized spacial score (nSPS) is 15.3. The molecule has 140 valence electrons. The summed E-state index contributed by atoms with van der Waals surface area (Å²) in [5.74, 6) is -0.131. The summed E-state index contributed by atoms with van der Waals surface area (Å²) < 4.78 is 50.1. The molecule has 1 saturated heterocycles. The number of morpholine rings is 1. The van der Waals surface area contributed by atoms with E-state index in [2.05, 4.69) is 9.97 Å². The fourth-order valence-corrected chi connectivity index (χ4v) is 2.96. The average molecular weight is 377 g/mol. The molecular weight excluding hydrogens is 363 g/mol. The number of furan rings is 1. The average Bonchev–Trinajstić information content (AvgIpc) is 3.15. The molecule has 0 bridgehead atoms. The van der Waals surface area contributed by atoms with Crippen LogP contribution in [-0.4, -0.2) is 47.1 Å². The Hall–Kier alpha value is -2.94. The van der Waals surface area contributed by atoms with Gasteiger partial charge in [-0.05, 0) is 18.2 Å². The quantitative estimate of drug-likeness (QED) is 0.685. The van der Waals surface area contributed by atoms with Crippen molar-refractivity contribution >= 4 is 16.9 Å². The molecule has 2 aromatic heterocycles. The van der Waals surface area contributed by atoms with E-state index in [0.29, 0.717) is 31.7 Å². The van der Waals surface area contributed by atoms with Gasteiger partial charge in [0.2, 0.25) is 0 Å². The summed E-state index contributed by atoms with van der Waals surface area (Å²) in [4.78, 5) is 22.2. The zero-order chi connectivity index (χ0) is 19.0. The van der Waals surface area contributed by atoms with Crippen LogP contribution >= 0.6 is 0 Å². The molecular formula is C18H14F3N3O3. The number of halogens is 3. The Morgan fingerprint density at radius 1 is 1.11 bits per heavy atom. The smallest absolute Gasteiger partial charge is 0.420 e. The maximum absolute atomic E-state index is 13.3. The lowest BCUT2D eigenvalue weighted by atomic mass is 10.1. The van der Waals surface area contributed by atoms with Gasteiger partial charge in [0, 0.05) is 36.4 Å². The first-order valence-corrected chi connectivity index (χ1v) is 8.21. The Bertz CT molecular complexity index is 977. The maximum Gasteiger partial charge on any atom is 0.420 e. The Morgan fingerprint density at radius 2 is 1.81 bits per heavy atom. The highest BCUT2D eigenvalue weighted by Gasteiger charge is 2.35. The Labute approximate surface area is 151 Å². The van der Waals surface area contributed by atoms with Crippen LogP contribution < -0.4 is 0 Å². The third-order valence-corrected chi connectivity index (χ3v) is 4.31. The largest absolute Gasteiger partial charge is 0.464 e. The predicted molar refractivity (Wildman–Crippen MR) is 89.0 cm³/mol. The van der Waals surface area contributed by atoms with E-state index in [1.165, 1.54) is 30.8 Å². The molecule has 3 heterocycles. The molecule has 0 spiro atoms. The number of rotatable bonds is 2. The number of fused-ring (bicyclic) bond motifs is 1. The minimum Gasteiger partial charge on any atom is -0.464 e. The van der Waals surface area contributed by atoms with Gasteiger partial charge in [0.25, 0.3) is 5.91 Å². The number of alkyl halides is 3. The van der Waals surface area contributed by atoms with Crippen LogP contribution in [0.25, 0.3) is 22.4 Å². The lowest BCUT2D eigenvalue weighted by Crippen LogP contribution is -2.40. The Morgan fingerprint density at radius 3 is 2.48 bits per heavy atom. The van der Waals surface area contributed by atoms with Crippen LogP contribution in [0.3, 0.4) is 0 Å². The van der Waals surface area contributed by atoms with E-state index in [0.717, 1.165) is 6.07 Å². The fourth-order valence-electron chi connectivity index (χ4n) is 2.96. The van der Waals surface area contributed by atoms with Gasteiger partial charge in [-0.15, -0.1) is 0 Å². The van der Waals surface area contributed by atoms with E-state index in [4.69, 9.17) is 9.15 Å². The van der Waals surface area contributed by atoms with Gasteiger partial charge >= 0.3 is 6.18 Å². The van der Waals surface area contributed by atoms with Crippen molar-refractivity contribution in [3.8, 4) is 11.4 Å². The van der Waals surface area contributed by atoms with E-state index in [9.17, 15) is 18.0 Å². The molecule has 0 N–H and O–H groups in total. The number of carbonyl (C=O) groups is 1. The topological polar surface area (TPSA) is 68.5 Å². The summed E-state index contributed by atoms with van der Waals surface area (Å²) in [6.07, 6.45) is -0.715. The highest BCUT2D eigenvalue weighted by Crippen LogP contribution is 2.37. The minimum atomic E-state index is -4.57. The van der Waals surface area contributed by atoms with Crippen LogP contribution in [0.2, 0.25) is 0 Å². The Balaban J connectivity index is 1.67. The van der Waals surface area contributed by atoms with Gasteiger partial charge in [0.1, 0.15) is 5.58 Å². The first kappa shape index (κ1) is 17.5. The molecule has 0 unspecified atom stereocenters. The molecule has 0 atom stereocenters. The first-order valence-electron chi connectivity index (χ1n) is 8.21. The van der Waals surface area contributed by atoms with Crippen molar-refractivity contribution in [3.05, 3.63) is 48.0 Å². The summed E-state index contributed by atoms with van der Waals surface area (Å²) >= 11 is 0. The van der Waals surface area contributed by atoms with Crippen molar-refractivity contribution in [1.82, 2.24) is 14.9 Å². The fraction of sp³-hybridized carbons (Fsp3) is 0.278. The maximum atomic E-state index is 13.3. The van der Waals surface area contributed by atoms with Crippen molar-refractivity contribution in [2.75, 3.05) is 26.3 Å². The number of hydrogen-bond acceptors (Lipinski definition) is 5. The molecule has 0 saturated carbocycles. The SMILES string of the molecule is O=C(c1cnc(-c2cc(C(F)(F)F)c3occc3c2)nc1)N1CCOCC1. The highest BCUT2D eigenvalue weighted by atomic mass is 19.4. The zero-order valence-corrected chi connectivity index (χ0v) is 14.0. The molecule has 27 heavy (non-hydrogen) atoms. The number of aromatic nitrogens is 2. The second kappa shape index (κ2) is 6.66. The van der Waals surface area contributed by atoms with E-state index in [1.54, 1.807) is 4.90 Å². The number of nitrogens with zero attached hydrogens (tertiary/aromatic N) is 3. The molecule has 1 fully saturated rings. The van der Waals surface area contributed by atoms with Crippen LogP contribution in [0.1, 0.15) is 15.9 Å². The molecule has 0 aliphatic carbocycles. The van der Waals surface area contributed by atoms with Crippen LogP contribution in [-0.2, 0) is 10.9 Å². The lowest BCUT2D eigenvalue weighted by molar-refractivity contribution is -0.136. The first-order chi connectivity index (χ1) is 12.9. The number of ether oxygens (including phenoxy) is 1. The molecule has 0 radical (unpaired) electrons. The Kier molecular flexibility index (Phi) is 4.31. The molecule has 1 aromatic carbocycles. The molecule has 9 heteroatoms. The molecule has 3 aromatic rings. The van der Waals surface area contributed by atoms with Crippen LogP contribution in [0.4, 0.5) is 13.2 Å². The van der Waals surface area contributed by atoms with Crippen LogP contribution in [0, 0.1) is 0 Å². The van der Waals surface area contributed by atoms with Crippen molar-refractivity contribution in [3.63, 3.8) is 0 Å². The van der Waals surface area contributed by atoms with Crippen molar-refractivity contribution in [2.45, 2.75) is 6.18 Å². The molecule has 6 nitrogen and oxygen atoms in total. The van der Waals surface area contributed by atoms with Crippen molar-refractivity contribution in [1.29, 1.82) is 0 Å². The monoisotopic (exact) mass is 377 g/mol. The van der Waals surface area contributed by atoms with E-state index >= 15 is 0 Å². The molecule has 1 amide bonds. The van der Waals surface area contributed by atoms with E-state index in [-0.39, 0.29) is 28.4 Å². The van der Waals surface area contributed by atoms with Gasteiger partial charge < -0.3 is 14.1 Å². The second-order valence-electron chi connectivity index (χ2n) is 6.06. The summed E-state index contributed by atoms with van der Waals surface area (Å²) in [6.45, 7) is 1.89. The molecule has 4 rings (SSSR count). The van der Waals surface area contributed by atoms with Crippen molar-refractivity contribution in [2.24, 2.45) is 0 Å². The van der Waals surface area contributed by atoms with Gasteiger partial charge in [-0.25, -0.2) is 9.97 Å². The standard InChI is InChI=1S/C18H14F3N3O3/c19-18(20,21)14-8-12(7-11-1-4-27-15(11)14)16-22-9-13(10-23-16)17(25)24-2-5-26-6-3-24/h1,4,7-10H,2-3,5-6H2. The van der Waals surface area contributed by atoms with Crippen LogP contribution in [0.15, 0.2) is 41.3 Å². The predicted octanol–water partition coefficient (Wildman–Crippen LogP) is 3.38. The number of hydrogen-bond donors (Lipinski definition) is 0. The highest BCUT2D eigenvalue weighted by molar-refractivity contribution is 5.94. The number of benzene rings is 1. The molecule has 1 aliphatic heterocycles. The minimum absolute atomic E-state index is 0.0992. The van der Waals surface area contributed by atoms with Gasteiger partial charge in [0.05, 0.1) is 30.6 Å². The third kappa shape index (κ3) is 3.37. The number of amides is 1. The van der Waals surface area contributed by atoms with E-state index < -0.39 is 11.7 Å². The molecule has 1 aliphatic rings. The van der Waals surface area contributed by atoms with Gasteiger partial charge in [-0.1, -0.05) is 0 Å². The van der Waals surface area contributed by atoms with Crippen LogP contribution in [0.5, 0.6) is 0 Å². The van der Waals surface area contributed by atoms with Crippen molar-refractivity contribution < 1.29 is 27.1 Å². The third-order valence-electron chi connectivity index (χ3n) is 4.31. The van der Waals surface area contributed by atoms with Gasteiger partial charge in [-0.2, -0.15) is 13.2 Å². The summed E-state index contributed by atoms with van der Waals surface area (Å²) in [5, 5.41) is 0.303. The summed E-state index contributed by atoms with van der Waals surface area (Å²) in [7, 11) is 0. The summed E-state index contributed by atoms with van der Waals surface area (Å²) in [6, 6.07) is 3.92. The van der Waals surface area contributed by atoms with E-state index in [1.807, 2.05) is 0 Å². The zero-order valence-electron chi connectivity index (χ0n) is 14.0. The summed E-state index contributed by atoms with van der Waals surface area (Å²) in [5.41, 5.74) is -0.648. The lowest BCUT2D eigenvalue weighted by Gasteiger charge is -2.26. The van der Waals surface area contributed by atoms with Gasteiger partial charge in [0.15, 0.2) is 5.82 Å². The second-order valence-corrected chi connectivity index (χ2v) is 6.06.